The smallest absolute Gasteiger partial charge is 0.421 e. The minimum atomic E-state index is -2.92. The molecule has 2 aromatic carbocycles. The Labute approximate surface area is 146 Å². The highest BCUT2D eigenvalue weighted by Crippen LogP contribution is 2.21. The Kier molecular flexibility index (Phi) is 5.52. The summed E-state index contributed by atoms with van der Waals surface area (Å²) in [6, 6.07) is 14.2. The Morgan fingerprint density at radius 1 is 1.12 bits per heavy atom. The summed E-state index contributed by atoms with van der Waals surface area (Å²) >= 11 is -2.40. The second-order valence-corrected chi connectivity index (χ2v) is 6.28. The van der Waals surface area contributed by atoms with Gasteiger partial charge in [-0.25, -0.2) is 9.71 Å². The molecule has 25 heavy (non-hydrogen) atoms. The first kappa shape index (κ1) is 17.2. The molecule has 2 N–H and O–H groups in total. The lowest BCUT2D eigenvalue weighted by Crippen LogP contribution is -2.20. The lowest BCUT2D eigenvalue weighted by Gasteiger charge is -2.11. The van der Waals surface area contributed by atoms with Crippen molar-refractivity contribution in [1.29, 1.82) is 0 Å². The molecule has 3 rings (SSSR count). The van der Waals surface area contributed by atoms with E-state index in [-0.39, 0.29) is 0 Å². The topological polar surface area (TPSA) is 73.0 Å². The summed E-state index contributed by atoms with van der Waals surface area (Å²) in [6.07, 6.45) is 3.43. The molecule has 8 heteroatoms. The van der Waals surface area contributed by atoms with Crippen molar-refractivity contribution in [3.8, 4) is 17.0 Å². The van der Waals surface area contributed by atoms with E-state index in [9.17, 15) is 13.3 Å². The molecule has 1 atom stereocenters. The molecule has 0 aliphatic carbocycles. The average Bonchev–Trinajstić information content (AvgIpc) is 3.16. The first-order chi connectivity index (χ1) is 12.1. The summed E-state index contributed by atoms with van der Waals surface area (Å²) in [6.45, 7) is 0.333. The van der Waals surface area contributed by atoms with Crippen molar-refractivity contribution in [2.24, 2.45) is 0 Å². The standard InChI is InChI=1S/C17H15F2N3O2S/c18-17(19)25(23)22-14-5-1-12(2-6-14)10-24-15-7-3-13(4-8-15)16-9-20-11-21-16/h1-9,11,17,22H,10H2,(H,20,21). The van der Waals surface area contributed by atoms with Crippen LogP contribution in [0, 0.1) is 0 Å². The Morgan fingerprint density at radius 3 is 2.44 bits per heavy atom. The van der Waals surface area contributed by atoms with E-state index in [2.05, 4.69) is 14.7 Å². The molecule has 1 aromatic heterocycles. The third-order valence-electron chi connectivity index (χ3n) is 3.39. The largest absolute Gasteiger partial charge is 0.588 e. The fourth-order valence-electron chi connectivity index (χ4n) is 2.14. The molecule has 3 aromatic rings. The van der Waals surface area contributed by atoms with Crippen LogP contribution in [0.1, 0.15) is 5.56 Å². The molecule has 1 unspecified atom stereocenters. The van der Waals surface area contributed by atoms with E-state index in [4.69, 9.17) is 4.74 Å². The molecule has 0 saturated heterocycles. The van der Waals surface area contributed by atoms with Gasteiger partial charge in [-0.1, -0.05) is 12.1 Å². The summed E-state index contributed by atoms with van der Waals surface area (Å²) in [4.78, 5) is 7.08. The van der Waals surface area contributed by atoms with Gasteiger partial charge in [0.05, 0.1) is 17.7 Å². The van der Waals surface area contributed by atoms with Gasteiger partial charge in [-0.2, -0.15) is 8.78 Å². The maximum absolute atomic E-state index is 12.2. The fourth-order valence-corrected chi connectivity index (χ4v) is 2.59. The van der Waals surface area contributed by atoms with Gasteiger partial charge >= 0.3 is 5.76 Å². The van der Waals surface area contributed by atoms with Gasteiger partial charge in [0.1, 0.15) is 23.7 Å². The normalized spacial score (nSPS) is 12.2. The Balaban J connectivity index is 1.54. The molecule has 0 spiro atoms. The number of imidazole rings is 1. The number of anilines is 1. The van der Waals surface area contributed by atoms with E-state index in [1.807, 2.05) is 30.5 Å². The summed E-state index contributed by atoms with van der Waals surface area (Å²) in [5.41, 5.74) is 3.07. The number of hydrogen-bond donors (Lipinski definition) is 2. The molecule has 0 aliphatic heterocycles. The number of benzene rings is 2. The van der Waals surface area contributed by atoms with E-state index < -0.39 is 17.1 Å². The van der Waals surface area contributed by atoms with Crippen LogP contribution >= 0.6 is 0 Å². The van der Waals surface area contributed by atoms with E-state index in [1.54, 1.807) is 30.6 Å². The van der Waals surface area contributed by atoms with Gasteiger partial charge in [-0.05, 0) is 42.0 Å². The van der Waals surface area contributed by atoms with Crippen molar-refractivity contribution >= 4 is 17.0 Å². The molecule has 0 radical (unpaired) electrons. The molecule has 5 nitrogen and oxygen atoms in total. The van der Waals surface area contributed by atoms with E-state index in [1.165, 1.54) is 0 Å². The van der Waals surface area contributed by atoms with E-state index in [0.29, 0.717) is 18.0 Å². The van der Waals surface area contributed by atoms with Gasteiger partial charge in [0.2, 0.25) is 0 Å². The number of ether oxygens (including phenoxy) is 1. The molecular formula is C17H15F2N3O2S. The van der Waals surface area contributed by atoms with Crippen LogP contribution < -0.4 is 9.46 Å². The van der Waals surface area contributed by atoms with Gasteiger partial charge in [0, 0.05) is 11.8 Å². The highest BCUT2D eigenvalue weighted by atomic mass is 32.2. The average molecular weight is 363 g/mol. The number of nitrogens with zero attached hydrogens (tertiary/aromatic N) is 1. The zero-order valence-corrected chi connectivity index (χ0v) is 13.8. The van der Waals surface area contributed by atoms with Crippen molar-refractivity contribution in [1.82, 2.24) is 9.97 Å². The highest BCUT2D eigenvalue weighted by Gasteiger charge is 2.20. The van der Waals surface area contributed by atoms with Gasteiger partial charge in [-0.3, -0.25) is 0 Å². The SMILES string of the molecule is [O-][S+](Nc1ccc(COc2ccc(-c3c[nH]cn3)cc2)cc1)C(F)F. The third-order valence-corrected chi connectivity index (χ3v) is 4.15. The Morgan fingerprint density at radius 2 is 1.84 bits per heavy atom. The lowest BCUT2D eigenvalue weighted by atomic mass is 10.1. The van der Waals surface area contributed by atoms with Crippen LogP contribution in [0.5, 0.6) is 5.75 Å². The van der Waals surface area contributed by atoms with E-state index in [0.717, 1.165) is 16.8 Å². The zero-order chi connectivity index (χ0) is 17.6. The van der Waals surface area contributed by atoms with Crippen LogP contribution in [-0.2, 0) is 18.0 Å². The van der Waals surface area contributed by atoms with Crippen LogP contribution in [0.4, 0.5) is 14.5 Å². The summed E-state index contributed by atoms with van der Waals surface area (Å²) in [5, 5.41) is 0. The van der Waals surface area contributed by atoms with E-state index >= 15 is 0 Å². The van der Waals surface area contributed by atoms with Crippen LogP contribution in [0.15, 0.2) is 61.1 Å². The van der Waals surface area contributed by atoms with Crippen LogP contribution in [-0.4, -0.2) is 20.3 Å². The predicted octanol–water partition coefficient (Wildman–Crippen LogP) is 3.95. The van der Waals surface area contributed by atoms with Crippen LogP contribution in [0.2, 0.25) is 0 Å². The second kappa shape index (κ2) is 8.00. The number of aromatic amines is 1. The maximum Gasteiger partial charge on any atom is 0.421 e. The molecule has 0 bridgehead atoms. The van der Waals surface area contributed by atoms with Crippen molar-refractivity contribution in [2.45, 2.75) is 12.4 Å². The molecule has 1 heterocycles. The number of hydrogen-bond acceptors (Lipinski definition) is 4. The Hall–Kier alpha value is -2.58. The molecule has 130 valence electrons. The van der Waals surface area contributed by atoms with Gasteiger partial charge < -0.3 is 14.3 Å². The van der Waals surface area contributed by atoms with Gasteiger partial charge in [0.25, 0.3) is 0 Å². The number of nitrogens with one attached hydrogen (secondary N) is 2. The minimum Gasteiger partial charge on any atom is -0.588 e. The monoisotopic (exact) mass is 363 g/mol. The first-order valence-corrected chi connectivity index (χ1v) is 8.59. The van der Waals surface area contributed by atoms with Crippen molar-refractivity contribution in [3.63, 3.8) is 0 Å². The summed E-state index contributed by atoms with van der Waals surface area (Å²) < 4.78 is 43.4. The van der Waals surface area contributed by atoms with Crippen LogP contribution in [0.3, 0.4) is 0 Å². The summed E-state index contributed by atoms with van der Waals surface area (Å²) in [5.74, 6) is -2.22. The molecule has 0 amide bonds. The van der Waals surface area contributed by atoms with Gasteiger partial charge in [0.15, 0.2) is 0 Å². The highest BCUT2D eigenvalue weighted by molar-refractivity contribution is 7.92. The molecule has 0 saturated carbocycles. The lowest BCUT2D eigenvalue weighted by molar-refractivity contribution is 0.236. The maximum atomic E-state index is 12.2. The van der Waals surface area contributed by atoms with Crippen molar-refractivity contribution < 1.29 is 18.1 Å². The van der Waals surface area contributed by atoms with Gasteiger partial charge in [-0.15, -0.1) is 0 Å². The number of alkyl halides is 2. The number of aromatic nitrogens is 2. The van der Waals surface area contributed by atoms with Crippen LogP contribution in [0.25, 0.3) is 11.3 Å². The number of H-pyrrole nitrogens is 1. The molecule has 0 aliphatic rings. The quantitative estimate of drug-likeness (QED) is 0.624. The van der Waals surface area contributed by atoms with Crippen molar-refractivity contribution in [2.75, 3.05) is 4.72 Å². The predicted molar refractivity (Wildman–Crippen MR) is 92.6 cm³/mol. The second-order valence-electron chi connectivity index (χ2n) is 5.12. The number of halogens is 2. The zero-order valence-electron chi connectivity index (χ0n) is 13.0. The molecular weight excluding hydrogens is 348 g/mol. The number of rotatable bonds is 7. The minimum absolute atomic E-state index is 0.333. The fraction of sp³-hybridized carbons (Fsp3) is 0.118. The third kappa shape index (κ3) is 4.71. The molecule has 0 fully saturated rings. The first-order valence-electron chi connectivity index (χ1n) is 7.38. The Bertz CT molecular complexity index is 781. The van der Waals surface area contributed by atoms with Crippen molar-refractivity contribution in [3.05, 3.63) is 66.6 Å². The summed E-state index contributed by atoms with van der Waals surface area (Å²) in [7, 11) is 0.